The van der Waals surface area contributed by atoms with Crippen LogP contribution in [0.15, 0.2) is 53.3 Å². The van der Waals surface area contributed by atoms with Crippen LogP contribution in [0, 0.1) is 0 Å². The zero-order valence-electron chi connectivity index (χ0n) is 9.61. The lowest BCUT2D eigenvalue weighted by atomic mass is 10.1. The van der Waals surface area contributed by atoms with E-state index in [1.54, 1.807) is 6.07 Å². The minimum absolute atomic E-state index is 0.0607. The second kappa shape index (κ2) is 5.15. The van der Waals surface area contributed by atoms with Gasteiger partial charge in [0.15, 0.2) is 5.43 Å². The molecular formula is C15H13ClO. The molecule has 0 aliphatic heterocycles. The zero-order chi connectivity index (χ0) is 12.3. The van der Waals surface area contributed by atoms with Gasteiger partial charge < -0.3 is 0 Å². The van der Waals surface area contributed by atoms with Gasteiger partial charge in [-0.15, -0.1) is 0 Å². The molecular weight excluding hydrogens is 232 g/mol. The third-order valence-corrected chi connectivity index (χ3v) is 3.08. The van der Waals surface area contributed by atoms with Crippen LogP contribution in [0.3, 0.4) is 0 Å². The van der Waals surface area contributed by atoms with Crippen LogP contribution < -0.4 is 5.43 Å². The third kappa shape index (κ3) is 2.40. The molecule has 0 bridgehead atoms. The van der Waals surface area contributed by atoms with Crippen molar-refractivity contribution < 1.29 is 0 Å². The summed E-state index contributed by atoms with van der Waals surface area (Å²) in [6.45, 7) is 1.98. The van der Waals surface area contributed by atoms with Crippen LogP contribution in [0.25, 0.3) is 11.1 Å². The molecule has 0 aliphatic carbocycles. The number of aryl methyl sites for hydroxylation is 1. The maximum Gasteiger partial charge on any atom is 0.189 e. The van der Waals surface area contributed by atoms with E-state index in [4.69, 9.17) is 11.6 Å². The number of hydrogen-bond donors (Lipinski definition) is 0. The summed E-state index contributed by atoms with van der Waals surface area (Å²) in [6.07, 6.45) is 0.727. The maximum absolute atomic E-state index is 12.3. The van der Waals surface area contributed by atoms with Gasteiger partial charge >= 0.3 is 0 Å². The van der Waals surface area contributed by atoms with Crippen LogP contribution in [0.5, 0.6) is 0 Å². The van der Waals surface area contributed by atoms with Crippen molar-refractivity contribution in [3.8, 4) is 11.1 Å². The predicted molar refractivity (Wildman–Crippen MR) is 72.5 cm³/mol. The molecule has 0 fully saturated rings. The molecule has 2 aromatic rings. The minimum Gasteiger partial charge on any atom is -0.289 e. The highest BCUT2D eigenvalue weighted by atomic mass is 35.5. The molecule has 0 aromatic heterocycles. The summed E-state index contributed by atoms with van der Waals surface area (Å²) in [5, 5.41) is 0.609. The van der Waals surface area contributed by atoms with Crippen LogP contribution in [0.1, 0.15) is 12.5 Å². The number of hydrogen-bond acceptors (Lipinski definition) is 1. The van der Waals surface area contributed by atoms with Gasteiger partial charge in [0.05, 0.1) is 0 Å². The first-order valence-corrected chi connectivity index (χ1v) is 5.99. The fourth-order valence-electron chi connectivity index (χ4n) is 1.82. The van der Waals surface area contributed by atoms with Gasteiger partial charge in [0.2, 0.25) is 0 Å². The normalized spacial score (nSPS) is 10.2. The average molecular weight is 245 g/mol. The largest absolute Gasteiger partial charge is 0.289 e. The fraction of sp³-hybridized carbons (Fsp3) is 0.133. The maximum atomic E-state index is 12.3. The SMILES string of the molecule is CCc1ccccc(-c2ccccc2Cl)c1=O. The van der Waals surface area contributed by atoms with E-state index in [1.807, 2.05) is 49.4 Å². The van der Waals surface area contributed by atoms with Gasteiger partial charge in [0, 0.05) is 16.1 Å². The van der Waals surface area contributed by atoms with E-state index in [2.05, 4.69) is 0 Å². The van der Waals surface area contributed by atoms with Crippen LogP contribution >= 0.6 is 11.6 Å². The van der Waals surface area contributed by atoms with Crippen molar-refractivity contribution in [2.24, 2.45) is 0 Å². The van der Waals surface area contributed by atoms with Crippen molar-refractivity contribution in [2.75, 3.05) is 0 Å². The van der Waals surface area contributed by atoms with Crippen molar-refractivity contribution in [1.82, 2.24) is 0 Å². The Morgan fingerprint density at radius 2 is 1.53 bits per heavy atom. The molecule has 0 saturated heterocycles. The molecule has 1 nitrogen and oxygen atoms in total. The van der Waals surface area contributed by atoms with Gasteiger partial charge in [-0.05, 0) is 18.1 Å². The lowest BCUT2D eigenvalue weighted by Crippen LogP contribution is -2.07. The smallest absolute Gasteiger partial charge is 0.189 e. The second-order valence-corrected chi connectivity index (χ2v) is 4.23. The Kier molecular flexibility index (Phi) is 3.60. The molecule has 0 unspecified atom stereocenters. The van der Waals surface area contributed by atoms with E-state index < -0.39 is 0 Å². The van der Waals surface area contributed by atoms with Crippen molar-refractivity contribution in [3.05, 3.63) is 69.3 Å². The zero-order valence-corrected chi connectivity index (χ0v) is 10.4. The number of rotatable bonds is 2. The van der Waals surface area contributed by atoms with E-state index in [0.717, 1.165) is 17.5 Å². The predicted octanol–water partition coefficient (Wildman–Crippen LogP) is 3.93. The molecule has 17 heavy (non-hydrogen) atoms. The molecule has 86 valence electrons. The Hall–Kier alpha value is -1.60. The first-order valence-electron chi connectivity index (χ1n) is 5.61. The van der Waals surface area contributed by atoms with Crippen LogP contribution in [-0.2, 0) is 6.42 Å². The molecule has 0 radical (unpaired) electrons. The number of benzene rings is 1. The molecule has 0 saturated carbocycles. The molecule has 2 aromatic carbocycles. The van der Waals surface area contributed by atoms with E-state index >= 15 is 0 Å². The van der Waals surface area contributed by atoms with Gasteiger partial charge in [-0.1, -0.05) is 61.0 Å². The summed E-state index contributed by atoms with van der Waals surface area (Å²) in [5.41, 5.74) is 2.33. The summed E-state index contributed by atoms with van der Waals surface area (Å²) >= 11 is 6.13. The molecule has 2 rings (SSSR count). The molecule has 0 atom stereocenters. The van der Waals surface area contributed by atoms with Crippen LogP contribution in [0.4, 0.5) is 0 Å². The molecule has 0 heterocycles. The molecule has 0 aliphatic rings. The lowest BCUT2D eigenvalue weighted by molar-refractivity contribution is 1.13. The van der Waals surface area contributed by atoms with E-state index in [0.29, 0.717) is 10.6 Å². The Bertz CT molecular complexity index is 590. The summed E-state index contributed by atoms with van der Waals surface area (Å²) < 4.78 is 0. The Balaban J connectivity index is 2.74. The van der Waals surface area contributed by atoms with Gasteiger partial charge in [0.1, 0.15) is 0 Å². The minimum atomic E-state index is 0.0607. The molecule has 2 heteroatoms. The topological polar surface area (TPSA) is 17.1 Å². The lowest BCUT2D eigenvalue weighted by Gasteiger charge is -2.01. The Morgan fingerprint density at radius 3 is 2.18 bits per heavy atom. The first kappa shape index (κ1) is 11.9. The Labute approximate surface area is 106 Å². The van der Waals surface area contributed by atoms with Gasteiger partial charge in [-0.3, -0.25) is 4.79 Å². The third-order valence-electron chi connectivity index (χ3n) is 2.75. The highest BCUT2D eigenvalue weighted by molar-refractivity contribution is 6.33. The molecule has 0 spiro atoms. The molecule has 0 amide bonds. The summed E-state index contributed by atoms with van der Waals surface area (Å²) in [7, 11) is 0. The highest BCUT2D eigenvalue weighted by Crippen LogP contribution is 2.24. The van der Waals surface area contributed by atoms with Gasteiger partial charge in [0.25, 0.3) is 0 Å². The van der Waals surface area contributed by atoms with Crippen LogP contribution in [-0.4, -0.2) is 0 Å². The fourth-order valence-corrected chi connectivity index (χ4v) is 2.06. The van der Waals surface area contributed by atoms with Crippen molar-refractivity contribution in [3.63, 3.8) is 0 Å². The first-order chi connectivity index (χ1) is 8.24. The van der Waals surface area contributed by atoms with Gasteiger partial charge in [-0.2, -0.15) is 0 Å². The average Bonchev–Trinajstić information content (AvgIpc) is 2.52. The van der Waals surface area contributed by atoms with Crippen molar-refractivity contribution in [2.45, 2.75) is 13.3 Å². The standard InChI is InChI=1S/C15H13ClO/c1-2-11-7-3-4-9-13(15(11)17)12-8-5-6-10-14(12)16/h3-10H,2H2,1H3. The summed E-state index contributed by atoms with van der Waals surface area (Å²) in [6, 6.07) is 14.9. The monoisotopic (exact) mass is 244 g/mol. The van der Waals surface area contributed by atoms with E-state index in [9.17, 15) is 4.79 Å². The molecule has 0 N–H and O–H groups in total. The van der Waals surface area contributed by atoms with Crippen molar-refractivity contribution in [1.29, 1.82) is 0 Å². The summed E-state index contributed by atoms with van der Waals surface area (Å²) in [5.74, 6) is 0. The number of halogens is 1. The van der Waals surface area contributed by atoms with E-state index in [-0.39, 0.29) is 5.43 Å². The van der Waals surface area contributed by atoms with E-state index in [1.165, 1.54) is 0 Å². The summed E-state index contributed by atoms with van der Waals surface area (Å²) in [4.78, 5) is 12.3. The second-order valence-electron chi connectivity index (χ2n) is 3.82. The Morgan fingerprint density at radius 1 is 0.941 bits per heavy atom. The highest BCUT2D eigenvalue weighted by Gasteiger charge is 2.07. The van der Waals surface area contributed by atoms with Gasteiger partial charge in [-0.25, -0.2) is 0 Å². The quantitative estimate of drug-likeness (QED) is 0.782. The van der Waals surface area contributed by atoms with Crippen LogP contribution in [0.2, 0.25) is 5.02 Å². The van der Waals surface area contributed by atoms with Crippen molar-refractivity contribution >= 4 is 11.6 Å².